The third-order valence-corrected chi connectivity index (χ3v) is 9.07. The fourth-order valence-electron chi connectivity index (χ4n) is 4.40. The maximum atomic E-state index is 13.5. The van der Waals surface area contributed by atoms with Crippen molar-refractivity contribution < 1.29 is 18.0 Å². The Morgan fingerprint density at radius 2 is 1.82 bits per heavy atom. The Morgan fingerprint density at radius 3 is 2.61 bits per heavy atom. The lowest BCUT2D eigenvalue weighted by atomic mass is 10.0. The molecule has 0 bridgehead atoms. The second kappa shape index (κ2) is 10.3. The van der Waals surface area contributed by atoms with Crippen molar-refractivity contribution in [1.29, 1.82) is 0 Å². The molecule has 3 heterocycles. The van der Waals surface area contributed by atoms with E-state index >= 15 is 0 Å². The van der Waals surface area contributed by atoms with Gasteiger partial charge in [0, 0.05) is 45.8 Å². The molecule has 0 aliphatic carbocycles. The number of likely N-dealkylation sites (N-methyl/N-ethyl adjacent to an activating group) is 1. The molecule has 2 aromatic rings. The summed E-state index contributed by atoms with van der Waals surface area (Å²) in [7, 11) is -3.78. The average molecular weight is 491 g/mol. The van der Waals surface area contributed by atoms with Gasteiger partial charge in [-0.05, 0) is 42.3 Å². The van der Waals surface area contributed by atoms with E-state index in [1.165, 1.54) is 21.2 Å². The van der Waals surface area contributed by atoms with Crippen molar-refractivity contribution in [1.82, 2.24) is 19.4 Å². The Morgan fingerprint density at radius 1 is 1.03 bits per heavy atom. The van der Waals surface area contributed by atoms with E-state index < -0.39 is 10.0 Å². The normalized spacial score (nSPS) is 17.9. The van der Waals surface area contributed by atoms with Gasteiger partial charge in [-0.3, -0.25) is 14.5 Å². The van der Waals surface area contributed by atoms with Crippen LogP contribution in [0.15, 0.2) is 40.6 Å². The summed E-state index contributed by atoms with van der Waals surface area (Å²) >= 11 is 1.18. The maximum Gasteiger partial charge on any atom is 0.265 e. The van der Waals surface area contributed by atoms with Crippen molar-refractivity contribution in [2.75, 3.05) is 45.8 Å². The van der Waals surface area contributed by atoms with Crippen LogP contribution >= 0.6 is 11.3 Å². The number of carbonyl (C=O) groups is 2. The number of hydrogen-bond donors (Lipinski definition) is 1. The zero-order valence-electron chi connectivity index (χ0n) is 18.8. The highest BCUT2D eigenvalue weighted by Gasteiger charge is 2.34. The average Bonchev–Trinajstić information content (AvgIpc) is 3.20. The SMILES string of the molecule is CCNC(=O)CN1CCCN(C(=O)c2sccc2S(=O)(=O)N2CCc3ccccc3C2)CC1. The second-order valence-electron chi connectivity index (χ2n) is 8.35. The molecule has 1 fully saturated rings. The number of sulfonamides is 1. The van der Waals surface area contributed by atoms with Crippen LogP contribution in [0.4, 0.5) is 0 Å². The van der Waals surface area contributed by atoms with Crippen LogP contribution < -0.4 is 5.32 Å². The largest absolute Gasteiger partial charge is 0.355 e. The van der Waals surface area contributed by atoms with Crippen molar-refractivity contribution in [2.24, 2.45) is 0 Å². The van der Waals surface area contributed by atoms with Crippen LogP contribution in [0, 0.1) is 0 Å². The van der Waals surface area contributed by atoms with Gasteiger partial charge < -0.3 is 10.2 Å². The first-order valence-electron chi connectivity index (χ1n) is 11.3. The molecule has 33 heavy (non-hydrogen) atoms. The molecule has 0 unspecified atom stereocenters. The Hall–Kier alpha value is -2.27. The maximum absolute atomic E-state index is 13.5. The van der Waals surface area contributed by atoms with Crippen molar-refractivity contribution in [2.45, 2.75) is 31.2 Å². The van der Waals surface area contributed by atoms with Crippen LogP contribution in [-0.2, 0) is 27.8 Å². The van der Waals surface area contributed by atoms with Gasteiger partial charge in [-0.2, -0.15) is 4.31 Å². The second-order valence-corrected chi connectivity index (χ2v) is 11.2. The summed E-state index contributed by atoms with van der Waals surface area (Å²) in [6.45, 7) is 5.83. The third kappa shape index (κ3) is 5.29. The van der Waals surface area contributed by atoms with Crippen LogP contribution in [0.3, 0.4) is 0 Å². The van der Waals surface area contributed by atoms with E-state index in [4.69, 9.17) is 0 Å². The molecule has 0 saturated carbocycles. The first kappa shape index (κ1) is 23.9. The van der Waals surface area contributed by atoms with Gasteiger partial charge in [0.15, 0.2) is 0 Å². The van der Waals surface area contributed by atoms with Gasteiger partial charge in [0.25, 0.3) is 5.91 Å². The van der Waals surface area contributed by atoms with Crippen molar-refractivity contribution in [3.05, 3.63) is 51.7 Å². The predicted octanol–water partition coefficient (Wildman–Crippen LogP) is 1.78. The Labute approximate surface area is 199 Å². The first-order chi connectivity index (χ1) is 15.9. The number of thiophene rings is 1. The number of nitrogens with one attached hydrogen (secondary N) is 1. The molecule has 2 aliphatic rings. The number of rotatable bonds is 6. The quantitative estimate of drug-likeness (QED) is 0.667. The lowest BCUT2D eigenvalue weighted by Gasteiger charge is -2.28. The lowest BCUT2D eigenvalue weighted by Crippen LogP contribution is -2.40. The fourth-order valence-corrected chi connectivity index (χ4v) is 7.18. The molecule has 0 spiro atoms. The minimum atomic E-state index is -3.78. The topological polar surface area (TPSA) is 90.0 Å². The summed E-state index contributed by atoms with van der Waals surface area (Å²) in [5.41, 5.74) is 2.18. The third-order valence-electron chi connectivity index (χ3n) is 6.15. The number of fused-ring (bicyclic) bond motifs is 1. The fraction of sp³-hybridized carbons (Fsp3) is 0.478. The van der Waals surface area contributed by atoms with E-state index in [1.807, 2.05) is 36.1 Å². The number of nitrogens with zero attached hydrogens (tertiary/aromatic N) is 3. The van der Waals surface area contributed by atoms with E-state index in [9.17, 15) is 18.0 Å². The molecule has 10 heteroatoms. The minimum absolute atomic E-state index is 0.0213. The minimum Gasteiger partial charge on any atom is -0.355 e. The molecular weight excluding hydrogens is 460 g/mol. The molecule has 0 radical (unpaired) electrons. The van der Waals surface area contributed by atoms with Crippen LogP contribution in [0.5, 0.6) is 0 Å². The molecular formula is C23H30N4O4S2. The van der Waals surface area contributed by atoms with E-state index in [0.717, 1.165) is 18.5 Å². The van der Waals surface area contributed by atoms with E-state index in [1.54, 1.807) is 16.3 Å². The van der Waals surface area contributed by atoms with Gasteiger partial charge >= 0.3 is 0 Å². The Kier molecular flexibility index (Phi) is 7.48. The van der Waals surface area contributed by atoms with Crippen molar-refractivity contribution >= 4 is 33.2 Å². The Balaban J connectivity index is 1.47. The standard InChI is InChI=1S/C23H30N4O4S2/c1-2-24-21(28)17-25-10-5-11-26(14-13-25)23(29)22-20(9-15-32-22)33(30,31)27-12-8-18-6-3-4-7-19(18)16-27/h3-4,6-7,9,15H,2,5,8,10-14,16-17H2,1H3,(H,24,28). The smallest absolute Gasteiger partial charge is 0.265 e. The number of carbonyl (C=O) groups excluding carboxylic acids is 2. The summed E-state index contributed by atoms with van der Waals surface area (Å²) in [6, 6.07) is 9.43. The van der Waals surface area contributed by atoms with Crippen LogP contribution in [-0.4, -0.2) is 80.2 Å². The lowest BCUT2D eigenvalue weighted by molar-refractivity contribution is -0.122. The van der Waals surface area contributed by atoms with Gasteiger partial charge in [-0.1, -0.05) is 24.3 Å². The van der Waals surface area contributed by atoms with Gasteiger partial charge in [0.1, 0.15) is 9.77 Å². The molecule has 178 valence electrons. The molecule has 2 amide bonds. The number of hydrogen-bond acceptors (Lipinski definition) is 6. The van der Waals surface area contributed by atoms with Gasteiger partial charge in [-0.15, -0.1) is 11.3 Å². The van der Waals surface area contributed by atoms with Gasteiger partial charge in [0.2, 0.25) is 15.9 Å². The summed E-state index contributed by atoms with van der Waals surface area (Å²) in [5, 5.41) is 4.48. The molecule has 2 aliphatic heterocycles. The summed E-state index contributed by atoms with van der Waals surface area (Å²) in [5.74, 6) is -0.270. The summed E-state index contributed by atoms with van der Waals surface area (Å²) < 4.78 is 28.4. The monoisotopic (exact) mass is 490 g/mol. The van der Waals surface area contributed by atoms with Crippen LogP contribution in [0.1, 0.15) is 34.1 Å². The van der Waals surface area contributed by atoms with E-state index in [0.29, 0.717) is 52.2 Å². The highest BCUT2D eigenvalue weighted by Crippen LogP contribution is 2.30. The molecule has 4 rings (SSSR count). The number of benzene rings is 1. The highest BCUT2D eigenvalue weighted by atomic mass is 32.2. The van der Waals surface area contributed by atoms with Crippen LogP contribution in [0.2, 0.25) is 0 Å². The highest BCUT2D eigenvalue weighted by molar-refractivity contribution is 7.89. The van der Waals surface area contributed by atoms with E-state index in [-0.39, 0.29) is 21.6 Å². The van der Waals surface area contributed by atoms with E-state index in [2.05, 4.69) is 5.32 Å². The zero-order chi connectivity index (χ0) is 23.4. The Bertz CT molecular complexity index is 1120. The molecule has 8 nitrogen and oxygen atoms in total. The molecule has 1 N–H and O–H groups in total. The first-order valence-corrected chi connectivity index (χ1v) is 13.6. The van der Waals surface area contributed by atoms with Crippen molar-refractivity contribution in [3.63, 3.8) is 0 Å². The zero-order valence-corrected chi connectivity index (χ0v) is 20.5. The van der Waals surface area contributed by atoms with Gasteiger partial charge in [-0.25, -0.2) is 8.42 Å². The molecule has 1 aromatic carbocycles. The molecule has 1 saturated heterocycles. The molecule has 1 aromatic heterocycles. The predicted molar refractivity (Wildman–Crippen MR) is 128 cm³/mol. The summed E-state index contributed by atoms with van der Waals surface area (Å²) in [6.07, 6.45) is 1.40. The molecule has 0 atom stereocenters. The van der Waals surface area contributed by atoms with Gasteiger partial charge in [0.05, 0.1) is 6.54 Å². The van der Waals surface area contributed by atoms with Crippen LogP contribution in [0.25, 0.3) is 0 Å². The number of amides is 2. The summed E-state index contributed by atoms with van der Waals surface area (Å²) in [4.78, 5) is 29.4. The van der Waals surface area contributed by atoms with Crippen molar-refractivity contribution in [3.8, 4) is 0 Å².